The fourth-order valence-corrected chi connectivity index (χ4v) is 3.61. The molecule has 11 heteroatoms. The summed E-state index contributed by atoms with van der Waals surface area (Å²) in [4.78, 5) is 65.3. The average molecular weight is 469 g/mol. The van der Waals surface area contributed by atoms with Gasteiger partial charge in [-0.3, -0.25) is 28.9 Å². The van der Waals surface area contributed by atoms with Crippen molar-refractivity contribution in [1.29, 1.82) is 0 Å². The molecule has 0 spiro atoms. The zero-order valence-corrected chi connectivity index (χ0v) is 19.9. The minimum Gasteiger partial charge on any atom is -0.465 e. The van der Waals surface area contributed by atoms with E-state index in [1.54, 1.807) is 4.90 Å². The highest BCUT2D eigenvalue weighted by molar-refractivity contribution is 5.93. The van der Waals surface area contributed by atoms with Crippen molar-refractivity contribution in [3.63, 3.8) is 0 Å². The van der Waals surface area contributed by atoms with E-state index < -0.39 is 29.9 Å². The molecule has 3 amide bonds. The molecule has 2 heterocycles. The van der Waals surface area contributed by atoms with Gasteiger partial charge >= 0.3 is 11.9 Å². The summed E-state index contributed by atoms with van der Waals surface area (Å²) in [5.41, 5.74) is 0. The largest absolute Gasteiger partial charge is 0.465 e. The van der Waals surface area contributed by atoms with Crippen LogP contribution in [0.3, 0.4) is 0 Å². The molecule has 2 aliphatic rings. The molecule has 2 atom stereocenters. The highest BCUT2D eigenvalue weighted by Crippen LogP contribution is 2.15. The first-order valence-electron chi connectivity index (χ1n) is 11.5. The topological polar surface area (TPSA) is 134 Å². The van der Waals surface area contributed by atoms with Gasteiger partial charge in [-0.2, -0.15) is 0 Å². The zero-order chi connectivity index (χ0) is 24.5. The predicted octanol–water partition coefficient (Wildman–Crippen LogP) is -0.708. The van der Waals surface area contributed by atoms with E-state index in [0.717, 1.165) is 0 Å². The molecule has 186 valence electrons. The SMILES string of the molecule is CC(C)COC(=O)CC1C(=O)NCCN1CC(=O)N1CCNC(=O)C1CC(=O)OCC(C)C. The molecular weight excluding hydrogens is 432 g/mol. The first-order chi connectivity index (χ1) is 15.6. The maximum Gasteiger partial charge on any atom is 0.308 e. The first-order valence-corrected chi connectivity index (χ1v) is 11.5. The third kappa shape index (κ3) is 8.30. The van der Waals surface area contributed by atoms with Gasteiger partial charge in [0.1, 0.15) is 12.1 Å². The van der Waals surface area contributed by atoms with E-state index in [1.807, 2.05) is 27.7 Å². The number of piperazine rings is 2. The number of hydrogen-bond acceptors (Lipinski definition) is 8. The van der Waals surface area contributed by atoms with Crippen molar-refractivity contribution in [3.8, 4) is 0 Å². The van der Waals surface area contributed by atoms with E-state index in [9.17, 15) is 24.0 Å². The van der Waals surface area contributed by atoms with Crippen LogP contribution in [0.2, 0.25) is 0 Å². The molecule has 2 fully saturated rings. The van der Waals surface area contributed by atoms with Gasteiger partial charge < -0.3 is 25.0 Å². The second-order valence-electron chi connectivity index (χ2n) is 9.23. The van der Waals surface area contributed by atoms with Crippen molar-refractivity contribution in [2.24, 2.45) is 11.8 Å². The number of nitrogens with zero attached hydrogens (tertiary/aromatic N) is 2. The standard InChI is InChI=1S/C22H36N4O7/c1-14(2)12-32-19(28)9-16-21(30)23-5-7-25(16)11-18(27)26-8-6-24-22(31)17(26)10-20(29)33-13-15(3)4/h14-17H,5-13H2,1-4H3,(H,23,30)(H,24,31). The van der Waals surface area contributed by atoms with Crippen LogP contribution in [-0.2, 0) is 33.4 Å². The normalized spacial score (nSPS) is 21.6. The van der Waals surface area contributed by atoms with Gasteiger partial charge in [0.2, 0.25) is 17.7 Å². The molecule has 2 saturated heterocycles. The van der Waals surface area contributed by atoms with Crippen LogP contribution in [0.15, 0.2) is 0 Å². The van der Waals surface area contributed by atoms with Gasteiger partial charge in [0.05, 0.1) is 32.6 Å². The third-order valence-electron chi connectivity index (χ3n) is 5.31. The predicted molar refractivity (Wildman–Crippen MR) is 118 cm³/mol. The lowest BCUT2D eigenvalue weighted by Crippen LogP contribution is -2.62. The Morgan fingerprint density at radius 2 is 1.33 bits per heavy atom. The Balaban J connectivity index is 2.03. The molecule has 0 bridgehead atoms. The average Bonchev–Trinajstić information content (AvgIpc) is 2.74. The van der Waals surface area contributed by atoms with Crippen molar-refractivity contribution in [1.82, 2.24) is 20.4 Å². The van der Waals surface area contributed by atoms with E-state index in [4.69, 9.17) is 9.47 Å². The van der Waals surface area contributed by atoms with Gasteiger partial charge in [-0.25, -0.2) is 0 Å². The van der Waals surface area contributed by atoms with Gasteiger partial charge in [0, 0.05) is 26.2 Å². The molecule has 2 rings (SSSR count). The number of rotatable bonds is 10. The summed E-state index contributed by atoms with van der Waals surface area (Å²) in [6.45, 7) is 9.20. The Morgan fingerprint density at radius 3 is 1.88 bits per heavy atom. The zero-order valence-electron chi connectivity index (χ0n) is 19.9. The Morgan fingerprint density at radius 1 is 0.848 bits per heavy atom. The summed E-state index contributed by atoms with van der Waals surface area (Å²) in [7, 11) is 0. The lowest BCUT2D eigenvalue weighted by molar-refractivity contribution is -0.154. The first kappa shape index (κ1) is 26.6. The fraction of sp³-hybridized carbons (Fsp3) is 0.773. The minimum absolute atomic E-state index is 0.152. The van der Waals surface area contributed by atoms with Gasteiger partial charge in [0.25, 0.3) is 0 Å². The lowest BCUT2D eigenvalue weighted by Gasteiger charge is -2.38. The Hall–Kier alpha value is -2.69. The smallest absolute Gasteiger partial charge is 0.308 e. The van der Waals surface area contributed by atoms with Crippen LogP contribution in [0.5, 0.6) is 0 Å². The van der Waals surface area contributed by atoms with Crippen LogP contribution >= 0.6 is 0 Å². The molecule has 0 aromatic carbocycles. The molecule has 2 unspecified atom stereocenters. The summed E-state index contributed by atoms with van der Waals surface area (Å²) in [6, 6.07) is -1.81. The monoisotopic (exact) mass is 468 g/mol. The molecule has 33 heavy (non-hydrogen) atoms. The quantitative estimate of drug-likeness (QED) is 0.402. The lowest BCUT2D eigenvalue weighted by atomic mass is 10.1. The summed E-state index contributed by atoms with van der Waals surface area (Å²) in [6.07, 6.45) is -0.410. The van der Waals surface area contributed by atoms with Crippen LogP contribution in [0.1, 0.15) is 40.5 Å². The fourth-order valence-electron chi connectivity index (χ4n) is 3.61. The Bertz CT molecular complexity index is 740. The van der Waals surface area contributed by atoms with E-state index in [-0.39, 0.29) is 69.3 Å². The van der Waals surface area contributed by atoms with Crippen LogP contribution in [0.4, 0.5) is 0 Å². The summed E-state index contributed by atoms with van der Waals surface area (Å²) in [5, 5.41) is 5.39. The molecule has 2 N–H and O–H groups in total. The maximum absolute atomic E-state index is 13.1. The third-order valence-corrected chi connectivity index (χ3v) is 5.31. The number of amides is 3. The number of nitrogens with one attached hydrogen (secondary N) is 2. The molecular formula is C22H36N4O7. The van der Waals surface area contributed by atoms with Crippen LogP contribution in [-0.4, -0.2) is 97.5 Å². The Kier molecular flexibility index (Phi) is 10.1. The molecule has 0 radical (unpaired) electrons. The van der Waals surface area contributed by atoms with Crippen molar-refractivity contribution in [2.45, 2.75) is 52.6 Å². The summed E-state index contributed by atoms with van der Waals surface area (Å²) >= 11 is 0. The second-order valence-corrected chi connectivity index (χ2v) is 9.23. The summed E-state index contributed by atoms with van der Waals surface area (Å²) in [5.74, 6) is -1.88. The Labute approximate surface area is 194 Å². The number of esters is 2. The van der Waals surface area contributed by atoms with E-state index in [2.05, 4.69) is 10.6 Å². The summed E-state index contributed by atoms with van der Waals surface area (Å²) < 4.78 is 10.4. The molecule has 0 aromatic heterocycles. The van der Waals surface area contributed by atoms with Crippen LogP contribution in [0, 0.1) is 11.8 Å². The van der Waals surface area contributed by atoms with Crippen molar-refractivity contribution >= 4 is 29.7 Å². The van der Waals surface area contributed by atoms with Crippen molar-refractivity contribution in [2.75, 3.05) is 45.9 Å². The molecule has 2 aliphatic heterocycles. The van der Waals surface area contributed by atoms with Crippen LogP contribution in [0.25, 0.3) is 0 Å². The number of hydrogen-bond donors (Lipinski definition) is 2. The molecule has 11 nitrogen and oxygen atoms in total. The maximum atomic E-state index is 13.1. The highest BCUT2D eigenvalue weighted by Gasteiger charge is 2.38. The van der Waals surface area contributed by atoms with Crippen molar-refractivity contribution < 1.29 is 33.4 Å². The van der Waals surface area contributed by atoms with Gasteiger partial charge in [-0.15, -0.1) is 0 Å². The number of carbonyl (C=O) groups is 5. The van der Waals surface area contributed by atoms with Gasteiger partial charge in [0.15, 0.2) is 0 Å². The molecule has 0 aliphatic carbocycles. The van der Waals surface area contributed by atoms with Crippen molar-refractivity contribution in [3.05, 3.63) is 0 Å². The van der Waals surface area contributed by atoms with Crippen LogP contribution < -0.4 is 10.6 Å². The van der Waals surface area contributed by atoms with E-state index >= 15 is 0 Å². The molecule has 0 aromatic rings. The highest BCUT2D eigenvalue weighted by atomic mass is 16.5. The molecule has 0 saturated carbocycles. The van der Waals surface area contributed by atoms with E-state index in [0.29, 0.717) is 13.1 Å². The second kappa shape index (κ2) is 12.5. The van der Waals surface area contributed by atoms with Gasteiger partial charge in [-0.05, 0) is 11.8 Å². The minimum atomic E-state index is -0.973. The van der Waals surface area contributed by atoms with E-state index in [1.165, 1.54) is 4.90 Å². The number of carbonyl (C=O) groups excluding carboxylic acids is 5. The van der Waals surface area contributed by atoms with Gasteiger partial charge in [-0.1, -0.05) is 27.7 Å². The number of ether oxygens (including phenoxy) is 2.